The van der Waals surface area contributed by atoms with E-state index in [1.165, 1.54) is 18.3 Å². The molecule has 104 valence electrons. The third-order valence-electron chi connectivity index (χ3n) is 2.65. The highest BCUT2D eigenvalue weighted by molar-refractivity contribution is 5.92. The van der Waals surface area contributed by atoms with Gasteiger partial charge < -0.3 is 4.74 Å². The zero-order chi connectivity index (χ0) is 14.5. The summed E-state index contributed by atoms with van der Waals surface area (Å²) in [4.78, 5) is 25.4. The summed E-state index contributed by atoms with van der Waals surface area (Å²) in [6.07, 6.45) is 1.57. The average Bonchev–Trinajstić information content (AvgIpc) is 2.46. The van der Waals surface area contributed by atoms with Crippen molar-refractivity contribution >= 4 is 22.5 Å². The van der Waals surface area contributed by atoms with Crippen LogP contribution >= 0.6 is 0 Å². The molecule has 1 aromatic heterocycles. The fraction of sp³-hybridized carbons (Fsp3) is 0.167. The van der Waals surface area contributed by atoms with Crippen LogP contribution in [-0.2, 0) is 4.79 Å². The molecule has 0 aliphatic heterocycles. The van der Waals surface area contributed by atoms with Gasteiger partial charge in [-0.3, -0.25) is 20.3 Å². The molecule has 0 saturated heterocycles. The summed E-state index contributed by atoms with van der Waals surface area (Å²) in [5.41, 5.74) is 2.15. The van der Waals surface area contributed by atoms with E-state index in [9.17, 15) is 14.9 Å². The average molecular weight is 276 g/mol. The predicted octanol–water partition coefficient (Wildman–Crippen LogP) is 0.902. The number of benzene rings is 1. The lowest BCUT2D eigenvalue weighted by molar-refractivity contribution is -0.383. The summed E-state index contributed by atoms with van der Waals surface area (Å²) in [6.45, 7) is 0.116. The fourth-order valence-electron chi connectivity index (χ4n) is 1.73. The van der Waals surface area contributed by atoms with Gasteiger partial charge in [-0.2, -0.15) is 0 Å². The molecule has 0 unspecified atom stereocenters. The van der Waals surface area contributed by atoms with E-state index in [2.05, 4.69) is 4.98 Å². The third kappa shape index (κ3) is 2.81. The summed E-state index contributed by atoms with van der Waals surface area (Å²) < 4.78 is 5.45. The maximum Gasteiger partial charge on any atom is 0.295 e. The molecule has 0 radical (unpaired) electrons. The first kappa shape index (κ1) is 13.7. The van der Waals surface area contributed by atoms with Gasteiger partial charge in [-0.1, -0.05) is 0 Å². The normalized spacial score (nSPS) is 10.2. The van der Waals surface area contributed by atoms with E-state index in [4.69, 9.17) is 10.6 Å². The van der Waals surface area contributed by atoms with Gasteiger partial charge in [-0.15, -0.1) is 0 Å². The molecule has 1 amide bonds. The minimum Gasteiger partial charge on any atom is -0.492 e. The summed E-state index contributed by atoms with van der Waals surface area (Å²) in [5, 5.41) is 11.4. The van der Waals surface area contributed by atoms with Gasteiger partial charge in [0.05, 0.1) is 18.0 Å². The SMILES string of the molecule is NNC(=O)CCOc1ccc([N+](=O)[O-])c2ncccc12. The van der Waals surface area contributed by atoms with E-state index in [-0.39, 0.29) is 30.1 Å². The van der Waals surface area contributed by atoms with Crippen molar-refractivity contribution in [2.24, 2.45) is 5.84 Å². The molecule has 0 atom stereocenters. The summed E-state index contributed by atoms with van der Waals surface area (Å²) in [5.74, 6) is 5.04. The molecule has 0 bridgehead atoms. The molecular formula is C12H12N4O4. The van der Waals surface area contributed by atoms with Crippen LogP contribution in [0.1, 0.15) is 6.42 Å². The van der Waals surface area contributed by atoms with Gasteiger partial charge in [0.1, 0.15) is 5.75 Å². The molecule has 2 aromatic rings. The minimum absolute atomic E-state index is 0.0901. The van der Waals surface area contributed by atoms with Crippen LogP contribution in [0.4, 0.5) is 5.69 Å². The predicted molar refractivity (Wildman–Crippen MR) is 70.8 cm³/mol. The summed E-state index contributed by atoms with van der Waals surface area (Å²) >= 11 is 0. The van der Waals surface area contributed by atoms with Crippen LogP contribution in [0.15, 0.2) is 30.5 Å². The molecule has 2 rings (SSSR count). The quantitative estimate of drug-likeness (QED) is 0.362. The van der Waals surface area contributed by atoms with E-state index in [0.29, 0.717) is 11.1 Å². The number of nitrogens with one attached hydrogen (secondary N) is 1. The molecule has 0 aliphatic rings. The Morgan fingerprint density at radius 1 is 1.45 bits per heavy atom. The molecule has 1 aromatic carbocycles. The van der Waals surface area contributed by atoms with Gasteiger partial charge in [-0.05, 0) is 18.2 Å². The number of pyridine rings is 1. The van der Waals surface area contributed by atoms with E-state index in [1.54, 1.807) is 12.1 Å². The zero-order valence-electron chi connectivity index (χ0n) is 10.4. The molecule has 3 N–H and O–H groups in total. The number of nitro benzene ring substituents is 1. The van der Waals surface area contributed by atoms with Gasteiger partial charge in [0.25, 0.3) is 5.69 Å². The lowest BCUT2D eigenvalue weighted by atomic mass is 10.1. The van der Waals surface area contributed by atoms with Gasteiger partial charge >= 0.3 is 0 Å². The molecule has 0 spiro atoms. The Kier molecular flexibility index (Phi) is 4.06. The highest BCUT2D eigenvalue weighted by Gasteiger charge is 2.16. The van der Waals surface area contributed by atoms with Crippen molar-refractivity contribution < 1.29 is 14.5 Å². The molecule has 20 heavy (non-hydrogen) atoms. The molecule has 0 saturated carbocycles. The molecule has 8 nitrogen and oxygen atoms in total. The number of carbonyl (C=O) groups excluding carboxylic acids is 1. The van der Waals surface area contributed by atoms with E-state index in [1.807, 2.05) is 5.43 Å². The molecule has 0 fully saturated rings. The van der Waals surface area contributed by atoms with Crippen molar-refractivity contribution in [2.45, 2.75) is 6.42 Å². The van der Waals surface area contributed by atoms with Crippen LogP contribution in [0, 0.1) is 10.1 Å². The Morgan fingerprint density at radius 3 is 2.95 bits per heavy atom. The number of hydrogen-bond acceptors (Lipinski definition) is 6. The topological polar surface area (TPSA) is 120 Å². The van der Waals surface area contributed by atoms with E-state index in [0.717, 1.165) is 0 Å². The fourth-order valence-corrected chi connectivity index (χ4v) is 1.73. The van der Waals surface area contributed by atoms with Gasteiger partial charge in [0, 0.05) is 17.6 Å². The second-order valence-electron chi connectivity index (χ2n) is 3.91. The van der Waals surface area contributed by atoms with Crippen LogP contribution < -0.4 is 16.0 Å². The Labute approximate surface area is 113 Å². The second kappa shape index (κ2) is 5.93. The van der Waals surface area contributed by atoms with Crippen molar-refractivity contribution in [3.8, 4) is 5.75 Å². The maximum atomic E-state index is 11.0. The van der Waals surface area contributed by atoms with Crippen molar-refractivity contribution in [1.82, 2.24) is 10.4 Å². The minimum atomic E-state index is -0.499. The van der Waals surface area contributed by atoms with Crippen LogP contribution in [-0.4, -0.2) is 22.4 Å². The first-order valence-electron chi connectivity index (χ1n) is 5.78. The number of rotatable bonds is 5. The Balaban J connectivity index is 2.29. The largest absolute Gasteiger partial charge is 0.492 e. The first-order valence-corrected chi connectivity index (χ1v) is 5.78. The number of ether oxygens (including phenoxy) is 1. The molecule has 0 aliphatic carbocycles. The number of hydrazine groups is 1. The molecule has 1 heterocycles. The number of nitrogens with two attached hydrogens (primary N) is 1. The van der Waals surface area contributed by atoms with Gasteiger partial charge in [0.15, 0.2) is 5.52 Å². The molecule has 8 heteroatoms. The Bertz CT molecular complexity index is 659. The smallest absolute Gasteiger partial charge is 0.295 e. The second-order valence-corrected chi connectivity index (χ2v) is 3.91. The monoisotopic (exact) mass is 276 g/mol. The number of hydrogen-bond donors (Lipinski definition) is 2. The molecular weight excluding hydrogens is 264 g/mol. The number of carbonyl (C=O) groups is 1. The van der Waals surface area contributed by atoms with Crippen molar-refractivity contribution in [3.63, 3.8) is 0 Å². The van der Waals surface area contributed by atoms with Crippen molar-refractivity contribution in [3.05, 3.63) is 40.6 Å². The Hall–Kier alpha value is -2.74. The number of aromatic nitrogens is 1. The highest BCUT2D eigenvalue weighted by Crippen LogP contribution is 2.31. The van der Waals surface area contributed by atoms with Crippen LogP contribution in [0.2, 0.25) is 0 Å². The number of fused-ring (bicyclic) bond motifs is 1. The van der Waals surface area contributed by atoms with Crippen LogP contribution in [0.25, 0.3) is 10.9 Å². The third-order valence-corrected chi connectivity index (χ3v) is 2.65. The number of nitro groups is 1. The van der Waals surface area contributed by atoms with Gasteiger partial charge in [0.2, 0.25) is 5.91 Å². The van der Waals surface area contributed by atoms with Crippen LogP contribution in [0.3, 0.4) is 0 Å². The van der Waals surface area contributed by atoms with E-state index >= 15 is 0 Å². The van der Waals surface area contributed by atoms with Crippen LogP contribution in [0.5, 0.6) is 5.75 Å². The first-order chi connectivity index (χ1) is 9.63. The maximum absolute atomic E-state index is 11.0. The standard InChI is InChI=1S/C12H12N4O4/c13-15-11(17)5-7-20-10-4-3-9(16(18)19)12-8(10)2-1-6-14-12/h1-4,6H,5,7,13H2,(H,15,17). The summed E-state index contributed by atoms with van der Waals surface area (Å²) in [6, 6.07) is 6.15. The Morgan fingerprint density at radius 2 is 2.25 bits per heavy atom. The number of non-ortho nitro benzene ring substituents is 1. The zero-order valence-corrected chi connectivity index (χ0v) is 10.4. The lowest BCUT2D eigenvalue weighted by Gasteiger charge is -2.08. The van der Waals surface area contributed by atoms with Crippen molar-refractivity contribution in [2.75, 3.05) is 6.61 Å². The summed E-state index contributed by atoms with van der Waals surface area (Å²) in [7, 11) is 0. The number of nitrogens with zero attached hydrogens (tertiary/aromatic N) is 2. The lowest BCUT2D eigenvalue weighted by Crippen LogP contribution is -2.31. The van der Waals surface area contributed by atoms with Crippen molar-refractivity contribution in [1.29, 1.82) is 0 Å². The van der Waals surface area contributed by atoms with Gasteiger partial charge in [-0.25, -0.2) is 10.8 Å². The number of amides is 1. The van der Waals surface area contributed by atoms with E-state index < -0.39 is 4.92 Å². The highest BCUT2D eigenvalue weighted by atomic mass is 16.6.